The number of hydrogen-bond acceptors (Lipinski definition) is 3. The molecule has 0 saturated heterocycles. The molecule has 0 N–H and O–H groups in total. The third-order valence-electron chi connectivity index (χ3n) is 2.36. The van der Waals surface area contributed by atoms with E-state index in [2.05, 4.69) is 4.98 Å². The predicted octanol–water partition coefficient (Wildman–Crippen LogP) is 2.61. The van der Waals surface area contributed by atoms with Crippen molar-refractivity contribution >= 4 is 16.9 Å². The van der Waals surface area contributed by atoms with Gasteiger partial charge in [0.1, 0.15) is 6.61 Å². The zero-order valence-corrected chi connectivity index (χ0v) is 9.36. The van der Waals surface area contributed by atoms with Gasteiger partial charge in [0, 0.05) is 23.6 Å². The number of fused-ring (bicyclic) bond motifs is 1. The number of pyridine rings is 1. The Kier molecular flexibility index (Phi) is 2.86. The van der Waals surface area contributed by atoms with Crippen LogP contribution in [-0.4, -0.2) is 11.0 Å². The molecule has 1 aromatic heterocycles. The fourth-order valence-electron chi connectivity index (χ4n) is 1.69. The molecule has 1 heterocycles. The molecular weight excluding hydrogens is 202 g/mol. The number of benzene rings is 1. The molecule has 0 radical (unpaired) electrons. The van der Waals surface area contributed by atoms with Crippen molar-refractivity contribution in [3.8, 4) is 0 Å². The molecule has 2 aromatic rings. The van der Waals surface area contributed by atoms with Gasteiger partial charge in [-0.05, 0) is 19.1 Å². The molecule has 3 nitrogen and oxygen atoms in total. The van der Waals surface area contributed by atoms with E-state index in [0.29, 0.717) is 6.61 Å². The molecule has 3 heteroatoms. The normalized spacial score (nSPS) is 10.4. The summed E-state index contributed by atoms with van der Waals surface area (Å²) >= 11 is 0. The standard InChI is InChI=1S/C13H13NO2/c1-9-7-11(8-16-10(2)15)12-5-3-4-6-13(12)14-9/h3-7H,8H2,1-2H3. The van der Waals surface area contributed by atoms with Crippen LogP contribution in [-0.2, 0) is 16.1 Å². The summed E-state index contributed by atoms with van der Waals surface area (Å²) < 4.78 is 5.02. The first kappa shape index (κ1) is 10.6. The van der Waals surface area contributed by atoms with Gasteiger partial charge in [0.15, 0.2) is 0 Å². The van der Waals surface area contributed by atoms with Crippen molar-refractivity contribution in [1.82, 2.24) is 4.98 Å². The Morgan fingerprint density at radius 1 is 1.38 bits per heavy atom. The van der Waals surface area contributed by atoms with Crippen molar-refractivity contribution in [1.29, 1.82) is 0 Å². The Hall–Kier alpha value is -1.90. The van der Waals surface area contributed by atoms with Crippen LogP contribution in [0.4, 0.5) is 0 Å². The molecular formula is C13H13NO2. The van der Waals surface area contributed by atoms with Crippen LogP contribution in [0.2, 0.25) is 0 Å². The highest BCUT2D eigenvalue weighted by molar-refractivity contribution is 5.82. The van der Waals surface area contributed by atoms with Gasteiger partial charge in [0.05, 0.1) is 5.52 Å². The van der Waals surface area contributed by atoms with E-state index in [9.17, 15) is 4.79 Å². The van der Waals surface area contributed by atoms with E-state index in [4.69, 9.17) is 4.74 Å². The summed E-state index contributed by atoms with van der Waals surface area (Å²) in [5.74, 6) is -0.265. The maximum atomic E-state index is 10.8. The van der Waals surface area contributed by atoms with Crippen molar-refractivity contribution in [2.75, 3.05) is 0 Å². The Morgan fingerprint density at radius 3 is 2.88 bits per heavy atom. The van der Waals surface area contributed by atoms with Gasteiger partial charge in [-0.15, -0.1) is 0 Å². The highest BCUT2D eigenvalue weighted by Gasteiger charge is 2.04. The van der Waals surface area contributed by atoms with Gasteiger partial charge in [0.25, 0.3) is 0 Å². The summed E-state index contributed by atoms with van der Waals surface area (Å²) in [5.41, 5.74) is 2.86. The van der Waals surface area contributed by atoms with Gasteiger partial charge in [-0.2, -0.15) is 0 Å². The van der Waals surface area contributed by atoms with Crippen molar-refractivity contribution in [3.05, 3.63) is 41.6 Å². The molecule has 2 rings (SSSR count). The average molecular weight is 215 g/mol. The minimum absolute atomic E-state index is 0.265. The first-order chi connectivity index (χ1) is 7.66. The summed E-state index contributed by atoms with van der Waals surface area (Å²) in [5, 5.41) is 1.04. The molecule has 16 heavy (non-hydrogen) atoms. The number of nitrogens with zero attached hydrogens (tertiary/aromatic N) is 1. The van der Waals surface area contributed by atoms with Gasteiger partial charge in [-0.1, -0.05) is 18.2 Å². The second-order valence-corrected chi connectivity index (χ2v) is 3.72. The molecule has 1 aromatic carbocycles. The lowest BCUT2D eigenvalue weighted by atomic mass is 10.1. The minimum atomic E-state index is -0.265. The van der Waals surface area contributed by atoms with Crippen LogP contribution in [0.25, 0.3) is 10.9 Å². The number of para-hydroxylation sites is 1. The van der Waals surface area contributed by atoms with Crippen LogP contribution >= 0.6 is 0 Å². The van der Waals surface area contributed by atoms with Gasteiger partial charge >= 0.3 is 5.97 Å². The maximum absolute atomic E-state index is 10.8. The molecule has 0 saturated carbocycles. The minimum Gasteiger partial charge on any atom is -0.461 e. The zero-order valence-electron chi connectivity index (χ0n) is 9.36. The Morgan fingerprint density at radius 2 is 2.12 bits per heavy atom. The third-order valence-corrected chi connectivity index (χ3v) is 2.36. The molecule has 0 atom stereocenters. The van der Waals surface area contributed by atoms with Crippen LogP contribution in [0.3, 0.4) is 0 Å². The molecule has 0 aliphatic rings. The van der Waals surface area contributed by atoms with Gasteiger partial charge in [-0.3, -0.25) is 9.78 Å². The Bertz CT molecular complexity index is 534. The van der Waals surface area contributed by atoms with E-state index < -0.39 is 0 Å². The number of aromatic nitrogens is 1. The second-order valence-electron chi connectivity index (χ2n) is 3.72. The highest BCUT2D eigenvalue weighted by atomic mass is 16.5. The summed E-state index contributed by atoms with van der Waals surface area (Å²) in [7, 11) is 0. The molecule has 0 spiro atoms. The number of esters is 1. The second kappa shape index (κ2) is 4.31. The lowest BCUT2D eigenvalue weighted by Crippen LogP contribution is -2.00. The number of carbonyl (C=O) groups excluding carboxylic acids is 1. The highest BCUT2D eigenvalue weighted by Crippen LogP contribution is 2.18. The lowest BCUT2D eigenvalue weighted by Gasteiger charge is -2.07. The summed E-state index contributed by atoms with van der Waals surface area (Å²) in [6.45, 7) is 3.65. The quantitative estimate of drug-likeness (QED) is 0.723. The Labute approximate surface area is 94.1 Å². The van der Waals surface area contributed by atoms with Crippen LogP contribution < -0.4 is 0 Å². The number of rotatable bonds is 2. The van der Waals surface area contributed by atoms with Crippen molar-refractivity contribution in [3.63, 3.8) is 0 Å². The first-order valence-electron chi connectivity index (χ1n) is 5.15. The molecule has 0 amide bonds. The van der Waals surface area contributed by atoms with E-state index in [1.807, 2.05) is 37.3 Å². The molecule has 0 unspecified atom stereocenters. The number of ether oxygens (including phenoxy) is 1. The van der Waals surface area contributed by atoms with E-state index >= 15 is 0 Å². The number of hydrogen-bond donors (Lipinski definition) is 0. The fraction of sp³-hybridized carbons (Fsp3) is 0.231. The Balaban J connectivity index is 2.46. The smallest absolute Gasteiger partial charge is 0.302 e. The average Bonchev–Trinajstić information content (AvgIpc) is 2.25. The van der Waals surface area contributed by atoms with Crippen molar-refractivity contribution in [2.24, 2.45) is 0 Å². The lowest BCUT2D eigenvalue weighted by molar-refractivity contribution is -0.142. The molecule has 0 aliphatic heterocycles. The third kappa shape index (κ3) is 2.19. The SMILES string of the molecule is CC(=O)OCc1cc(C)nc2ccccc12. The van der Waals surface area contributed by atoms with Crippen LogP contribution in [0.1, 0.15) is 18.2 Å². The molecule has 0 aliphatic carbocycles. The largest absolute Gasteiger partial charge is 0.461 e. The van der Waals surface area contributed by atoms with Crippen molar-refractivity contribution in [2.45, 2.75) is 20.5 Å². The molecule has 82 valence electrons. The summed E-state index contributed by atoms with van der Waals surface area (Å²) in [4.78, 5) is 15.2. The van der Waals surface area contributed by atoms with Crippen LogP contribution in [0, 0.1) is 6.92 Å². The maximum Gasteiger partial charge on any atom is 0.302 e. The monoisotopic (exact) mass is 215 g/mol. The van der Waals surface area contributed by atoms with Gasteiger partial charge in [-0.25, -0.2) is 0 Å². The summed E-state index contributed by atoms with van der Waals surface area (Å²) in [6.07, 6.45) is 0. The van der Waals surface area contributed by atoms with E-state index in [-0.39, 0.29) is 5.97 Å². The van der Waals surface area contributed by atoms with E-state index in [1.165, 1.54) is 6.92 Å². The van der Waals surface area contributed by atoms with Crippen molar-refractivity contribution < 1.29 is 9.53 Å². The van der Waals surface area contributed by atoms with Crippen LogP contribution in [0.5, 0.6) is 0 Å². The zero-order chi connectivity index (χ0) is 11.5. The van der Waals surface area contributed by atoms with Crippen LogP contribution in [0.15, 0.2) is 30.3 Å². The number of carbonyl (C=O) groups is 1. The molecule has 0 fully saturated rings. The van der Waals surface area contributed by atoms with E-state index in [0.717, 1.165) is 22.2 Å². The van der Waals surface area contributed by atoms with Gasteiger partial charge in [0.2, 0.25) is 0 Å². The fourth-order valence-corrected chi connectivity index (χ4v) is 1.69. The summed E-state index contributed by atoms with van der Waals surface area (Å²) in [6, 6.07) is 9.80. The van der Waals surface area contributed by atoms with Gasteiger partial charge < -0.3 is 4.74 Å². The number of aryl methyl sites for hydroxylation is 1. The first-order valence-corrected chi connectivity index (χ1v) is 5.15. The molecule has 0 bridgehead atoms. The topological polar surface area (TPSA) is 39.2 Å². The predicted molar refractivity (Wildman–Crippen MR) is 62.0 cm³/mol. The van der Waals surface area contributed by atoms with E-state index in [1.54, 1.807) is 0 Å².